The summed E-state index contributed by atoms with van der Waals surface area (Å²) in [5, 5.41) is 0. The second-order valence-corrected chi connectivity index (χ2v) is 5.11. The van der Waals surface area contributed by atoms with Gasteiger partial charge in [0.15, 0.2) is 0 Å². The van der Waals surface area contributed by atoms with E-state index in [1.54, 1.807) is 0 Å². The summed E-state index contributed by atoms with van der Waals surface area (Å²) in [7, 11) is 0. The third-order valence-corrected chi connectivity index (χ3v) is 3.69. The number of imidazole rings is 1. The van der Waals surface area contributed by atoms with Gasteiger partial charge in [-0.1, -0.05) is 42.5 Å². The van der Waals surface area contributed by atoms with E-state index in [1.165, 1.54) is 11.1 Å². The van der Waals surface area contributed by atoms with Crippen LogP contribution in [0.3, 0.4) is 0 Å². The van der Waals surface area contributed by atoms with Crippen LogP contribution in [0.5, 0.6) is 0 Å². The van der Waals surface area contributed by atoms with E-state index in [0.717, 1.165) is 37.1 Å². The average molecular weight is 274 g/mol. The number of hydrogen-bond donors (Lipinski definition) is 0. The summed E-state index contributed by atoms with van der Waals surface area (Å²) in [6.07, 6.45) is 7.97. The minimum absolute atomic E-state index is 0.731. The number of aromatic nitrogens is 2. The first-order chi connectivity index (χ1) is 10.4. The smallest absolute Gasteiger partial charge is 0.110 e. The molecule has 0 saturated heterocycles. The number of nitrogens with zero attached hydrogens (tertiary/aromatic N) is 2. The molecule has 0 bridgehead atoms. The zero-order valence-electron chi connectivity index (χ0n) is 12.0. The lowest BCUT2D eigenvalue weighted by atomic mass is 10.1. The van der Waals surface area contributed by atoms with Gasteiger partial charge in [-0.25, -0.2) is 4.98 Å². The van der Waals surface area contributed by atoms with Crippen molar-refractivity contribution in [3.05, 3.63) is 66.0 Å². The van der Waals surface area contributed by atoms with E-state index in [-0.39, 0.29) is 0 Å². The lowest BCUT2D eigenvalue weighted by Crippen LogP contribution is -2.06. The molecule has 1 heterocycles. The Morgan fingerprint density at radius 2 is 1.71 bits per heavy atom. The van der Waals surface area contributed by atoms with Crippen molar-refractivity contribution in [1.29, 1.82) is 0 Å². The molecule has 0 aliphatic carbocycles. The second kappa shape index (κ2) is 6.28. The molecule has 21 heavy (non-hydrogen) atoms. The zero-order chi connectivity index (χ0) is 14.5. The van der Waals surface area contributed by atoms with E-state index < -0.39 is 0 Å². The first-order valence-electron chi connectivity index (χ1n) is 7.30. The van der Waals surface area contributed by atoms with Crippen molar-refractivity contribution in [1.82, 2.24) is 9.55 Å². The Labute approximate surface area is 125 Å². The van der Waals surface area contributed by atoms with Gasteiger partial charge in [-0.15, -0.1) is 12.3 Å². The summed E-state index contributed by atoms with van der Waals surface area (Å²) in [5.74, 6) is 3.80. The molecule has 2 nitrogen and oxygen atoms in total. The van der Waals surface area contributed by atoms with Gasteiger partial charge in [-0.05, 0) is 24.1 Å². The molecule has 0 radical (unpaired) electrons. The molecular weight excluding hydrogens is 256 g/mol. The Hall–Kier alpha value is -2.53. The van der Waals surface area contributed by atoms with Gasteiger partial charge < -0.3 is 4.57 Å². The normalized spacial score (nSPS) is 10.6. The fraction of sp³-hybridized carbons (Fsp3) is 0.211. The summed E-state index contributed by atoms with van der Waals surface area (Å²) in [6.45, 7) is 0.935. The Bertz CT molecular complexity index is 763. The minimum Gasteiger partial charge on any atom is -0.328 e. The Morgan fingerprint density at radius 1 is 0.952 bits per heavy atom. The number of fused-ring (bicyclic) bond motifs is 1. The van der Waals surface area contributed by atoms with Crippen LogP contribution in [-0.4, -0.2) is 9.55 Å². The number of rotatable bonds is 5. The molecule has 0 fully saturated rings. The molecule has 0 aliphatic rings. The summed E-state index contributed by atoms with van der Waals surface area (Å²) < 4.78 is 2.31. The molecule has 0 saturated carbocycles. The molecule has 0 N–H and O–H groups in total. The van der Waals surface area contributed by atoms with Crippen molar-refractivity contribution in [2.75, 3.05) is 0 Å². The van der Waals surface area contributed by atoms with Gasteiger partial charge in [0.05, 0.1) is 11.0 Å². The monoisotopic (exact) mass is 274 g/mol. The maximum atomic E-state index is 5.40. The van der Waals surface area contributed by atoms with Crippen LogP contribution in [-0.2, 0) is 19.4 Å². The molecule has 0 amide bonds. The largest absolute Gasteiger partial charge is 0.328 e. The van der Waals surface area contributed by atoms with Gasteiger partial charge >= 0.3 is 0 Å². The number of aryl methyl sites for hydroxylation is 3. The predicted molar refractivity (Wildman–Crippen MR) is 87.0 cm³/mol. The SMILES string of the molecule is C#CCCc1nc2ccccc2n1CCc1ccccc1. The van der Waals surface area contributed by atoms with Crippen molar-refractivity contribution in [3.63, 3.8) is 0 Å². The lowest BCUT2D eigenvalue weighted by molar-refractivity contribution is 0.667. The van der Waals surface area contributed by atoms with Crippen LogP contribution in [0.2, 0.25) is 0 Å². The fourth-order valence-electron chi connectivity index (χ4n) is 2.64. The third-order valence-electron chi connectivity index (χ3n) is 3.69. The molecule has 3 aromatic rings. The molecule has 0 spiro atoms. The second-order valence-electron chi connectivity index (χ2n) is 5.11. The maximum Gasteiger partial charge on any atom is 0.110 e. The van der Waals surface area contributed by atoms with Crippen molar-refractivity contribution in [3.8, 4) is 12.3 Å². The van der Waals surface area contributed by atoms with Crippen LogP contribution < -0.4 is 0 Å². The highest BCUT2D eigenvalue weighted by Crippen LogP contribution is 2.18. The van der Waals surface area contributed by atoms with E-state index in [1.807, 2.05) is 6.07 Å². The van der Waals surface area contributed by atoms with E-state index >= 15 is 0 Å². The average Bonchev–Trinajstić information content (AvgIpc) is 2.89. The predicted octanol–water partition coefficient (Wildman–Crippen LogP) is 3.84. The van der Waals surface area contributed by atoms with Crippen molar-refractivity contribution in [2.45, 2.75) is 25.8 Å². The van der Waals surface area contributed by atoms with E-state index in [0.29, 0.717) is 0 Å². The maximum absolute atomic E-state index is 5.40. The number of hydrogen-bond acceptors (Lipinski definition) is 1. The zero-order valence-corrected chi connectivity index (χ0v) is 12.0. The van der Waals surface area contributed by atoms with E-state index in [9.17, 15) is 0 Å². The van der Waals surface area contributed by atoms with Crippen LogP contribution >= 0.6 is 0 Å². The molecule has 2 aromatic carbocycles. The number of benzene rings is 2. The van der Waals surface area contributed by atoms with Gasteiger partial charge in [-0.3, -0.25) is 0 Å². The van der Waals surface area contributed by atoms with Crippen molar-refractivity contribution >= 4 is 11.0 Å². The van der Waals surface area contributed by atoms with Crippen LogP contribution in [0.1, 0.15) is 17.8 Å². The first kappa shape index (κ1) is 13.5. The molecule has 0 unspecified atom stereocenters. The quantitative estimate of drug-likeness (QED) is 0.646. The van der Waals surface area contributed by atoms with Crippen LogP contribution in [0, 0.1) is 12.3 Å². The molecule has 0 aliphatic heterocycles. The fourth-order valence-corrected chi connectivity index (χ4v) is 2.64. The number of terminal acetylenes is 1. The molecular formula is C19H18N2. The highest BCUT2D eigenvalue weighted by Gasteiger charge is 2.09. The minimum atomic E-state index is 0.731. The van der Waals surface area contributed by atoms with E-state index in [4.69, 9.17) is 11.4 Å². The third kappa shape index (κ3) is 2.98. The van der Waals surface area contributed by atoms with Gasteiger partial charge in [0, 0.05) is 19.4 Å². The topological polar surface area (TPSA) is 17.8 Å². The summed E-state index contributed by atoms with van der Waals surface area (Å²) in [6, 6.07) is 18.8. The summed E-state index contributed by atoms with van der Waals surface area (Å²) in [5.41, 5.74) is 3.59. The Balaban J connectivity index is 1.89. The molecule has 3 rings (SSSR count). The number of para-hydroxylation sites is 2. The summed E-state index contributed by atoms with van der Waals surface area (Å²) in [4.78, 5) is 4.73. The van der Waals surface area contributed by atoms with Crippen LogP contribution in [0.15, 0.2) is 54.6 Å². The van der Waals surface area contributed by atoms with Gasteiger partial charge in [-0.2, -0.15) is 0 Å². The van der Waals surface area contributed by atoms with Gasteiger partial charge in [0.1, 0.15) is 5.82 Å². The first-order valence-corrected chi connectivity index (χ1v) is 7.30. The van der Waals surface area contributed by atoms with Crippen molar-refractivity contribution < 1.29 is 0 Å². The molecule has 0 atom stereocenters. The molecule has 1 aromatic heterocycles. The van der Waals surface area contributed by atoms with E-state index in [2.05, 4.69) is 59.0 Å². The standard InChI is InChI=1S/C19H18N2/c1-2-3-13-19-20-17-11-7-8-12-18(17)21(19)15-14-16-9-5-4-6-10-16/h1,4-12H,3,13-15H2. The van der Waals surface area contributed by atoms with Crippen LogP contribution in [0.25, 0.3) is 11.0 Å². The molecule has 104 valence electrons. The Morgan fingerprint density at radius 3 is 2.52 bits per heavy atom. The highest BCUT2D eigenvalue weighted by atomic mass is 15.1. The Kier molecular flexibility index (Phi) is 4.02. The summed E-state index contributed by atoms with van der Waals surface area (Å²) >= 11 is 0. The van der Waals surface area contributed by atoms with Crippen molar-refractivity contribution in [2.24, 2.45) is 0 Å². The van der Waals surface area contributed by atoms with Gasteiger partial charge in [0.2, 0.25) is 0 Å². The van der Waals surface area contributed by atoms with Crippen LogP contribution in [0.4, 0.5) is 0 Å². The van der Waals surface area contributed by atoms with Gasteiger partial charge in [0.25, 0.3) is 0 Å². The molecule has 2 heteroatoms. The lowest BCUT2D eigenvalue weighted by Gasteiger charge is -2.08. The highest BCUT2D eigenvalue weighted by molar-refractivity contribution is 5.75.